The number of benzene rings is 2. The van der Waals surface area contributed by atoms with Crippen molar-refractivity contribution in [2.75, 3.05) is 23.4 Å². The summed E-state index contributed by atoms with van der Waals surface area (Å²) in [5.74, 6) is 0.764. The molecule has 0 atom stereocenters. The molecular weight excluding hydrogens is 310 g/mol. The van der Waals surface area contributed by atoms with E-state index in [0.29, 0.717) is 0 Å². The van der Waals surface area contributed by atoms with Crippen LogP contribution in [0.3, 0.4) is 0 Å². The number of aromatic nitrogens is 2. The van der Waals surface area contributed by atoms with Crippen molar-refractivity contribution in [2.24, 2.45) is 5.10 Å². The number of imidazole rings is 1. The second kappa shape index (κ2) is 7.83. The fraction of sp³-hybridized carbons (Fsp3) is 0.300. The lowest BCUT2D eigenvalue weighted by Gasteiger charge is -2.20. The van der Waals surface area contributed by atoms with Crippen LogP contribution >= 0.6 is 0 Å². The first kappa shape index (κ1) is 17.0. The molecule has 0 amide bonds. The molecule has 0 saturated heterocycles. The summed E-state index contributed by atoms with van der Waals surface area (Å²) >= 11 is 0. The van der Waals surface area contributed by atoms with Gasteiger partial charge in [-0.3, -0.25) is 0 Å². The predicted octanol–water partition coefficient (Wildman–Crippen LogP) is 4.35. The second-order valence-electron chi connectivity index (χ2n) is 5.80. The van der Waals surface area contributed by atoms with Gasteiger partial charge in [-0.25, -0.2) is 10.4 Å². The molecule has 0 aliphatic heterocycles. The van der Waals surface area contributed by atoms with E-state index < -0.39 is 0 Å². The van der Waals surface area contributed by atoms with Gasteiger partial charge in [-0.1, -0.05) is 24.3 Å². The number of nitrogens with one attached hydrogen (secondary N) is 1. The first-order valence-corrected chi connectivity index (χ1v) is 8.86. The zero-order chi connectivity index (χ0) is 17.6. The lowest BCUT2D eigenvalue weighted by atomic mass is 10.2. The van der Waals surface area contributed by atoms with E-state index in [0.717, 1.165) is 42.2 Å². The van der Waals surface area contributed by atoms with Gasteiger partial charge in [0.1, 0.15) is 0 Å². The number of hydrogen-bond acceptors (Lipinski definition) is 4. The zero-order valence-electron chi connectivity index (χ0n) is 15.1. The minimum Gasteiger partial charge on any atom is -0.372 e. The molecule has 0 saturated carbocycles. The van der Waals surface area contributed by atoms with Gasteiger partial charge >= 0.3 is 0 Å². The van der Waals surface area contributed by atoms with Crippen LogP contribution < -0.4 is 10.3 Å². The molecule has 0 aliphatic rings. The number of para-hydroxylation sites is 2. The Hall–Kier alpha value is -2.82. The average molecular weight is 335 g/mol. The van der Waals surface area contributed by atoms with Crippen molar-refractivity contribution in [3.05, 3.63) is 54.1 Å². The van der Waals surface area contributed by atoms with E-state index in [1.54, 1.807) is 0 Å². The largest absolute Gasteiger partial charge is 0.372 e. The summed E-state index contributed by atoms with van der Waals surface area (Å²) in [5.41, 5.74) is 7.46. The van der Waals surface area contributed by atoms with E-state index in [1.807, 2.05) is 24.4 Å². The minimum absolute atomic E-state index is 0.764. The van der Waals surface area contributed by atoms with Gasteiger partial charge in [0, 0.05) is 25.3 Å². The van der Waals surface area contributed by atoms with Crippen LogP contribution in [0.25, 0.3) is 11.0 Å². The molecule has 1 heterocycles. The van der Waals surface area contributed by atoms with Gasteiger partial charge in [0.05, 0.1) is 17.2 Å². The van der Waals surface area contributed by atoms with Crippen molar-refractivity contribution < 1.29 is 0 Å². The number of aryl methyl sites for hydroxylation is 1. The van der Waals surface area contributed by atoms with Gasteiger partial charge in [-0.2, -0.15) is 5.10 Å². The van der Waals surface area contributed by atoms with Crippen LogP contribution in [0.2, 0.25) is 0 Å². The van der Waals surface area contributed by atoms with E-state index in [4.69, 9.17) is 0 Å². The Morgan fingerprint density at radius 2 is 1.76 bits per heavy atom. The Bertz CT molecular complexity index is 844. The number of nitrogens with zero attached hydrogens (tertiary/aromatic N) is 4. The molecule has 0 spiro atoms. The van der Waals surface area contributed by atoms with Gasteiger partial charge in [0.2, 0.25) is 5.95 Å². The smallest absolute Gasteiger partial charge is 0.224 e. The highest BCUT2D eigenvalue weighted by atomic mass is 15.4. The standard InChI is InChI=1S/C20H25N5/c1-4-24(5-2)17-13-11-16(12-14-17)15-21-23-20-22-18-9-7-8-10-19(18)25(20)6-3/h7-15H,4-6H2,1-3H3,(H,22,23)/b21-15-. The molecule has 2 aromatic carbocycles. The molecule has 1 N–H and O–H groups in total. The molecular formula is C20H25N5. The first-order chi connectivity index (χ1) is 12.3. The Balaban J connectivity index is 1.73. The summed E-state index contributed by atoms with van der Waals surface area (Å²) in [6.45, 7) is 9.31. The van der Waals surface area contributed by atoms with Crippen LogP contribution in [-0.2, 0) is 6.54 Å². The van der Waals surface area contributed by atoms with Crippen molar-refractivity contribution in [3.63, 3.8) is 0 Å². The number of hydrazone groups is 1. The molecule has 5 heteroatoms. The monoisotopic (exact) mass is 335 g/mol. The van der Waals surface area contributed by atoms with Gasteiger partial charge in [-0.05, 0) is 50.6 Å². The minimum atomic E-state index is 0.764. The first-order valence-electron chi connectivity index (χ1n) is 8.86. The van der Waals surface area contributed by atoms with E-state index in [2.05, 4.69) is 76.1 Å². The zero-order valence-corrected chi connectivity index (χ0v) is 15.1. The fourth-order valence-electron chi connectivity index (χ4n) is 3.01. The van der Waals surface area contributed by atoms with Gasteiger partial charge < -0.3 is 9.47 Å². The highest BCUT2D eigenvalue weighted by Crippen LogP contribution is 2.19. The van der Waals surface area contributed by atoms with E-state index in [1.165, 1.54) is 5.69 Å². The third kappa shape index (κ3) is 3.65. The summed E-state index contributed by atoms with van der Waals surface area (Å²) in [6.07, 6.45) is 1.82. The normalized spacial score (nSPS) is 11.3. The topological polar surface area (TPSA) is 45.4 Å². The molecule has 3 aromatic rings. The lowest BCUT2D eigenvalue weighted by Crippen LogP contribution is -2.21. The molecule has 0 bridgehead atoms. The number of rotatable bonds is 7. The number of anilines is 2. The van der Waals surface area contributed by atoms with E-state index >= 15 is 0 Å². The Morgan fingerprint density at radius 3 is 2.44 bits per heavy atom. The molecule has 25 heavy (non-hydrogen) atoms. The highest BCUT2D eigenvalue weighted by molar-refractivity contribution is 5.82. The van der Waals surface area contributed by atoms with Crippen LogP contribution in [0.4, 0.5) is 11.6 Å². The molecule has 0 unspecified atom stereocenters. The number of hydrogen-bond donors (Lipinski definition) is 1. The Morgan fingerprint density at radius 1 is 1.04 bits per heavy atom. The third-order valence-corrected chi connectivity index (χ3v) is 4.37. The van der Waals surface area contributed by atoms with Crippen LogP contribution in [0, 0.1) is 0 Å². The van der Waals surface area contributed by atoms with Gasteiger partial charge in [0.25, 0.3) is 0 Å². The van der Waals surface area contributed by atoms with E-state index in [9.17, 15) is 0 Å². The van der Waals surface area contributed by atoms with Gasteiger partial charge in [0.15, 0.2) is 0 Å². The molecule has 0 fully saturated rings. The van der Waals surface area contributed by atoms with Crippen molar-refractivity contribution in [1.29, 1.82) is 0 Å². The second-order valence-corrected chi connectivity index (χ2v) is 5.80. The van der Waals surface area contributed by atoms with Crippen molar-refractivity contribution in [1.82, 2.24) is 9.55 Å². The highest BCUT2D eigenvalue weighted by Gasteiger charge is 2.07. The Labute approximate surface area is 149 Å². The molecule has 5 nitrogen and oxygen atoms in total. The van der Waals surface area contributed by atoms with Crippen LogP contribution in [-0.4, -0.2) is 28.9 Å². The van der Waals surface area contributed by atoms with Crippen molar-refractivity contribution in [2.45, 2.75) is 27.3 Å². The maximum atomic E-state index is 4.61. The lowest BCUT2D eigenvalue weighted by molar-refractivity contribution is 0.791. The van der Waals surface area contributed by atoms with Crippen LogP contribution in [0.5, 0.6) is 0 Å². The van der Waals surface area contributed by atoms with Crippen LogP contribution in [0.15, 0.2) is 53.6 Å². The van der Waals surface area contributed by atoms with Crippen molar-refractivity contribution in [3.8, 4) is 0 Å². The summed E-state index contributed by atoms with van der Waals surface area (Å²) in [7, 11) is 0. The Kier molecular flexibility index (Phi) is 5.33. The number of fused-ring (bicyclic) bond motifs is 1. The van der Waals surface area contributed by atoms with Crippen molar-refractivity contribution >= 4 is 28.9 Å². The molecule has 0 radical (unpaired) electrons. The summed E-state index contributed by atoms with van der Waals surface area (Å²) < 4.78 is 2.12. The summed E-state index contributed by atoms with van der Waals surface area (Å²) in [4.78, 5) is 6.93. The van der Waals surface area contributed by atoms with E-state index in [-0.39, 0.29) is 0 Å². The third-order valence-electron chi connectivity index (χ3n) is 4.37. The quantitative estimate of drug-likeness (QED) is 0.516. The maximum Gasteiger partial charge on any atom is 0.224 e. The predicted molar refractivity (Wildman–Crippen MR) is 107 cm³/mol. The van der Waals surface area contributed by atoms with Gasteiger partial charge in [-0.15, -0.1) is 0 Å². The fourth-order valence-corrected chi connectivity index (χ4v) is 3.01. The SMILES string of the molecule is CCN(CC)c1ccc(/C=N\Nc2nc3ccccc3n2CC)cc1. The maximum absolute atomic E-state index is 4.61. The molecule has 1 aromatic heterocycles. The molecule has 0 aliphatic carbocycles. The summed E-state index contributed by atoms with van der Waals surface area (Å²) in [5, 5.41) is 4.36. The molecule has 3 rings (SSSR count). The summed E-state index contributed by atoms with van der Waals surface area (Å²) in [6, 6.07) is 16.6. The average Bonchev–Trinajstić information content (AvgIpc) is 3.01. The van der Waals surface area contributed by atoms with Crippen LogP contribution in [0.1, 0.15) is 26.3 Å². The molecule has 130 valence electrons.